The number of hydrogen-bond acceptors (Lipinski definition) is 4. The van der Waals surface area contributed by atoms with E-state index in [1.54, 1.807) is 24.3 Å². The average Bonchev–Trinajstić information content (AvgIpc) is 2.83. The summed E-state index contributed by atoms with van der Waals surface area (Å²) in [6, 6.07) is 19.4. The van der Waals surface area contributed by atoms with Gasteiger partial charge in [-0.3, -0.25) is 0 Å². The van der Waals surface area contributed by atoms with Crippen LogP contribution >= 0.6 is 0 Å². The molecule has 4 nitrogen and oxygen atoms in total. The number of hydrogen-bond donors (Lipinski definition) is 0. The molecule has 0 aliphatic heterocycles. The van der Waals surface area contributed by atoms with E-state index in [2.05, 4.69) is 13.2 Å². The first-order valence-corrected chi connectivity index (χ1v) is 10.3. The largest absolute Gasteiger partial charge is 0.458 e. The second kappa shape index (κ2) is 7.82. The Morgan fingerprint density at radius 2 is 0.969 bits per heavy atom. The summed E-state index contributed by atoms with van der Waals surface area (Å²) in [6.07, 6.45) is 3.11. The normalized spacial score (nSPS) is 11.2. The molecular weight excluding hydrogens is 400 g/mol. The number of carbonyl (C=O) groups excluding carboxylic acids is 2. The maximum Gasteiger partial charge on any atom is 0.339 e. The van der Waals surface area contributed by atoms with Gasteiger partial charge in [-0.25, -0.2) is 9.59 Å². The summed E-state index contributed by atoms with van der Waals surface area (Å²) in [5, 5.41) is 7.76. The fourth-order valence-corrected chi connectivity index (χ4v) is 4.49. The van der Waals surface area contributed by atoms with Gasteiger partial charge < -0.3 is 9.47 Å². The van der Waals surface area contributed by atoms with Crippen LogP contribution in [0.25, 0.3) is 43.1 Å². The van der Waals surface area contributed by atoms with Gasteiger partial charge in [-0.15, -0.1) is 0 Å². The summed E-state index contributed by atoms with van der Waals surface area (Å²) in [7, 11) is 0. The van der Waals surface area contributed by atoms with Crippen molar-refractivity contribution in [3.8, 4) is 0 Å². The third-order valence-corrected chi connectivity index (χ3v) is 5.77. The van der Waals surface area contributed by atoms with Gasteiger partial charge in [0.1, 0.15) is 13.2 Å². The molecule has 0 aliphatic rings. The van der Waals surface area contributed by atoms with Crippen molar-refractivity contribution in [2.75, 3.05) is 13.2 Å². The van der Waals surface area contributed by atoms with Crippen LogP contribution in [0.2, 0.25) is 0 Å². The lowest BCUT2D eigenvalue weighted by Gasteiger charge is -2.17. The second-order valence-electron chi connectivity index (χ2n) is 7.55. The highest BCUT2D eigenvalue weighted by atomic mass is 16.5. The van der Waals surface area contributed by atoms with E-state index in [0.29, 0.717) is 11.1 Å². The Morgan fingerprint density at radius 3 is 1.38 bits per heavy atom. The molecule has 5 rings (SSSR count). The zero-order valence-corrected chi connectivity index (χ0v) is 17.4. The summed E-state index contributed by atoms with van der Waals surface area (Å²) >= 11 is 0. The molecule has 156 valence electrons. The van der Waals surface area contributed by atoms with Crippen LogP contribution < -0.4 is 0 Å². The molecule has 0 saturated carbocycles. The molecule has 0 aromatic heterocycles. The first-order chi connectivity index (χ1) is 15.7. The molecule has 0 bridgehead atoms. The fraction of sp³-hybridized carbons (Fsp3) is 0.0714. The molecule has 0 heterocycles. The van der Waals surface area contributed by atoms with Crippen molar-refractivity contribution in [2.24, 2.45) is 0 Å². The van der Waals surface area contributed by atoms with Crippen molar-refractivity contribution in [1.29, 1.82) is 0 Å². The topological polar surface area (TPSA) is 52.6 Å². The molecule has 0 spiro atoms. The minimum absolute atomic E-state index is 0.161. The predicted molar refractivity (Wildman–Crippen MR) is 129 cm³/mol. The molecule has 0 atom stereocenters. The lowest BCUT2D eigenvalue weighted by molar-refractivity contribution is 0.0543. The van der Waals surface area contributed by atoms with Crippen molar-refractivity contribution in [1.82, 2.24) is 0 Å². The van der Waals surface area contributed by atoms with Gasteiger partial charge in [-0.1, -0.05) is 73.8 Å². The molecule has 5 aromatic carbocycles. The van der Waals surface area contributed by atoms with Gasteiger partial charge in [0, 0.05) is 0 Å². The molecule has 32 heavy (non-hydrogen) atoms. The van der Waals surface area contributed by atoms with Crippen LogP contribution in [0.1, 0.15) is 20.7 Å². The van der Waals surface area contributed by atoms with E-state index in [1.807, 2.05) is 48.5 Å². The molecule has 0 unspecified atom stereocenters. The van der Waals surface area contributed by atoms with Gasteiger partial charge in [0.05, 0.1) is 11.1 Å². The van der Waals surface area contributed by atoms with Crippen LogP contribution in [0, 0.1) is 0 Å². The molecular formula is C28H20O4. The van der Waals surface area contributed by atoms with E-state index in [-0.39, 0.29) is 25.2 Å². The highest BCUT2D eigenvalue weighted by Crippen LogP contribution is 2.42. The SMILES string of the molecule is C=CCOC(=O)c1ccc2c3cccc4c(C(=O)OCC=C)ccc(c5cccc1c52)c43. The maximum atomic E-state index is 12.7. The minimum atomic E-state index is -0.377. The number of esters is 2. The number of rotatable bonds is 6. The van der Waals surface area contributed by atoms with Crippen molar-refractivity contribution in [3.05, 3.63) is 97.1 Å². The van der Waals surface area contributed by atoms with E-state index in [9.17, 15) is 9.59 Å². The van der Waals surface area contributed by atoms with E-state index in [1.165, 1.54) is 0 Å². The van der Waals surface area contributed by atoms with Crippen LogP contribution in [0.3, 0.4) is 0 Å². The van der Waals surface area contributed by atoms with Crippen molar-refractivity contribution in [2.45, 2.75) is 0 Å². The van der Waals surface area contributed by atoms with Crippen molar-refractivity contribution >= 4 is 55.0 Å². The Hall–Kier alpha value is -4.18. The molecule has 0 N–H and O–H groups in total. The first kappa shape index (κ1) is 19.8. The Bertz CT molecular complexity index is 1410. The van der Waals surface area contributed by atoms with Crippen LogP contribution in [-0.2, 0) is 9.47 Å². The highest BCUT2D eigenvalue weighted by Gasteiger charge is 2.20. The third-order valence-electron chi connectivity index (χ3n) is 5.77. The summed E-state index contributed by atoms with van der Waals surface area (Å²) in [5.41, 5.74) is 1.04. The van der Waals surface area contributed by atoms with E-state index >= 15 is 0 Å². The Morgan fingerprint density at radius 1 is 0.594 bits per heavy atom. The third kappa shape index (κ3) is 2.92. The Balaban J connectivity index is 1.85. The molecule has 0 amide bonds. The second-order valence-corrected chi connectivity index (χ2v) is 7.55. The summed E-state index contributed by atoms with van der Waals surface area (Å²) in [4.78, 5) is 25.3. The average molecular weight is 420 g/mol. The number of ether oxygens (including phenoxy) is 2. The quantitative estimate of drug-likeness (QED) is 0.138. The summed E-state index contributed by atoms with van der Waals surface area (Å²) in [6.45, 7) is 7.54. The zero-order chi connectivity index (χ0) is 22.2. The Labute approximate surface area is 184 Å². The molecule has 4 heteroatoms. The standard InChI is InChI=1S/C28H20O4/c1-3-15-31-27(29)23-13-11-21-18-8-6-10-20-24(28(30)32-16-4-2)14-12-22(26(18)20)17-7-5-9-19(23)25(17)21/h3-14H,1-2,15-16H2. The summed E-state index contributed by atoms with van der Waals surface area (Å²) in [5.74, 6) is -0.754. The lowest BCUT2D eigenvalue weighted by atomic mass is 9.87. The maximum absolute atomic E-state index is 12.7. The molecule has 0 saturated heterocycles. The number of fused-ring (bicyclic) bond motifs is 2. The first-order valence-electron chi connectivity index (χ1n) is 10.3. The van der Waals surface area contributed by atoms with Gasteiger partial charge >= 0.3 is 11.9 Å². The smallest absolute Gasteiger partial charge is 0.339 e. The molecule has 5 aromatic rings. The van der Waals surface area contributed by atoms with E-state index < -0.39 is 0 Å². The van der Waals surface area contributed by atoms with Crippen LogP contribution in [0.4, 0.5) is 0 Å². The van der Waals surface area contributed by atoms with Gasteiger partial charge in [0.25, 0.3) is 0 Å². The zero-order valence-electron chi connectivity index (χ0n) is 17.4. The van der Waals surface area contributed by atoms with Crippen LogP contribution in [-0.4, -0.2) is 25.2 Å². The lowest BCUT2D eigenvalue weighted by Crippen LogP contribution is -2.07. The summed E-state index contributed by atoms with van der Waals surface area (Å²) < 4.78 is 10.6. The van der Waals surface area contributed by atoms with E-state index in [0.717, 1.165) is 43.1 Å². The van der Waals surface area contributed by atoms with Gasteiger partial charge in [-0.2, -0.15) is 0 Å². The number of benzene rings is 5. The monoisotopic (exact) mass is 420 g/mol. The van der Waals surface area contributed by atoms with Gasteiger partial charge in [0.2, 0.25) is 0 Å². The minimum Gasteiger partial charge on any atom is -0.458 e. The molecule has 0 radical (unpaired) electrons. The Kier molecular flexibility index (Phi) is 4.83. The molecule has 0 fully saturated rings. The number of carbonyl (C=O) groups is 2. The predicted octanol–water partition coefficient (Wildman–Crippen LogP) is 6.42. The van der Waals surface area contributed by atoms with Gasteiger partial charge in [0.15, 0.2) is 0 Å². The van der Waals surface area contributed by atoms with Crippen molar-refractivity contribution < 1.29 is 19.1 Å². The fourth-order valence-electron chi connectivity index (χ4n) is 4.49. The van der Waals surface area contributed by atoms with Gasteiger partial charge in [-0.05, 0) is 55.2 Å². The van der Waals surface area contributed by atoms with Crippen LogP contribution in [0.5, 0.6) is 0 Å². The van der Waals surface area contributed by atoms with E-state index in [4.69, 9.17) is 9.47 Å². The van der Waals surface area contributed by atoms with Crippen LogP contribution in [0.15, 0.2) is 86.0 Å². The highest BCUT2D eigenvalue weighted by molar-refractivity contribution is 6.35. The molecule has 0 aliphatic carbocycles. The van der Waals surface area contributed by atoms with Crippen molar-refractivity contribution in [3.63, 3.8) is 0 Å².